The zero-order valence-electron chi connectivity index (χ0n) is 8.98. The highest BCUT2D eigenvalue weighted by atomic mass is 35.5. The Morgan fingerprint density at radius 3 is 2.39 bits per heavy atom. The summed E-state index contributed by atoms with van der Waals surface area (Å²) in [7, 11) is 0. The van der Waals surface area contributed by atoms with E-state index >= 15 is 0 Å². The highest BCUT2D eigenvalue weighted by Gasteiger charge is 2.26. The Bertz CT molecular complexity index is 535. The molecule has 1 aromatic rings. The fraction of sp³-hybridized carbons (Fsp3) is 0.556. The molecule has 4 nitrogen and oxygen atoms in total. The van der Waals surface area contributed by atoms with Crippen LogP contribution in [0, 0.1) is 5.82 Å². The number of alkyl halides is 3. The van der Waals surface area contributed by atoms with E-state index in [2.05, 4.69) is 0 Å². The zero-order chi connectivity index (χ0) is 13.9. The molecule has 0 aromatic carbocycles. The molecule has 18 heavy (non-hydrogen) atoms. The minimum atomic E-state index is -4.29. The molecule has 0 saturated heterocycles. The van der Waals surface area contributed by atoms with Gasteiger partial charge >= 0.3 is 11.9 Å². The van der Waals surface area contributed by atoms with Crippen LogP contribution >= 0.6 is 11.6 Å². The third-order valence-electron chi connectivity index (χ3n) is 2.18. The molecule has 0 aliphatic heterocycles. The minimum absolute atomic E-state index is 0.0659. The zero-order valence-corrected chi connectivity index (χ0v) is 9.74. The summed E-state index contributed by atoms with van der Waals surface area (Å²) in [6.45, 7) is -0.293. The summed E-state index contributed by atoms with van der Waals surface area (Å²) in [5.74, 6) is -1.33. The molecule has 1 heterocycles. The Morgan fingerprint density at radius 1 is 1.22 bits per heavy atom. The Kier molecular flexibility index (Phi) is 4.55. The minimum Gasteiger partial charge on any atom is -0.295 e. The number of nitrogens with one attached hydrogen (secondary N) is 1. The maximum absolute atomic E-state index is 13.1. The van der Waals surface area contributed by atoms with E-state index in [1.54, 1.807) is 0 Å². The van der Waals surface area contributed by atoms with Crippen LogP contribution in [-0.2, 0) is 6.54 Å². The monoisotopic (exact) mass is 288 g/mol. The van der Waals surface area contributed by atoms with Gasteiger partial charge in [-0.3, -0.25) is 14.3 Å². The van der Waals surface area contributed by atoms with Crippen molar-refractivity contribution in [3.63, 3.8) is 0 Å². The van der Waals surface area contributed by atoms with Gasteiger partial charge in [0.2, 0.25) is 5.82 Å². The number of nitrogens with zero attached hydrogens (tertiary/aromatic N) is 1. The first-order valence-electron chi connectivity index (χ1n) is 4.97. The number of hydrogen-bond acceptors (Lipinski definition) is 2. The summed E-state index contributed by atoms with van der Waals surface area (Å²) in [4.78, 5) is 24.4. The Morgan fingerprint density at radius 2 is 1.83 bits per heavy atom. The highest BCUT2D eigenvalue weighted by molar-refractivity contribution is 6.29. The van der Waals surface area contributed by atoms with Crippen LogP contribution in [0.3, 0.4) is 0 Å². The van der Waals surface area contributed by atoms with Gasteiger partial charge in [-0.1, -0.05) is 11.6 Å². The fourth-order valence-electron chi connectivity index (χ4n) is 1.32. The molecule has 1 aromatic heterocycles. The van der Waals surface area contributed by atoms with Crippen molar-refractivity contribution in [1.82, 2.24) is 9.55 Å². The smallest absolute Gasteiger partial charge is 0.295 e. The molecule has 0 radical (unpaired) electrons. The molecular formula is C9H9ClF4N2O2. The van der Waals surface area contributed by atoms with Gasteiger partial charge in [0.25, 0.3) is 5.56 Å². The van der Waals surface area contributed by atoms with E-state index in [4.69, 9.17) is 11.6 Å². The van der Waals surface area contributed by atoms with Gasteiger partial charge < -0.3 is 0 Å². The molecule has 0 saturated carbocycles. The lowest BCUT2D eigenvalue weighted by Gasteiger charge is -2.07. The Balaban J connectivity index is 2.72. The summed E-state index contributed by atoms with van der Waals surface area (Å²) in [5.41, 5.74) is -2.19. The van der Waals surface area contributed by atoms with E-state index in [0.29, 0.717) is 4.57 Å². The van der Waals surface area contributed by atoms with Crippen molar-refractivity contribution >= 4 is 11.6 Å². The predicted octanol–water partition coefficient (Wildman–Crippen LogP) is 2.06. The fourth-order valence-corrected chi connectivity index (χ4v) is 1.48. The van der Waals surface area contributed by atoms with Crippen molar-refractivity contribution < 1.29 is 17.6 Å². The van der Waals surface area contributed by atoms with Crippen LogP contribution < -0.4 is 11.2 Å². The lowest BCUT2D eigenvalue weighted by molar-refractivity contribution is -0.135. The van der Waals surface area contributed by atoms with Crippen LogP contribution in [0.4, 0.5) is 17.6 Å². The number of rotatable bonds is 4. The van der Waals surface area contributed by atoms with Gasteiger partial charge in [-0.2, -0.15) is 17.6 Å². The molecule has 0 bridgehead atoms. The van der Waals surface area contributed by atoms with Gasteiger partial charge in [0.05, 0.1) is 0 Å². The predicted molar refractivity (Wildman–Crippen MR) is 56.2 cm³/mol. The topological polar surface area (TPSA) is 54.9 Å². The summed E-state index contributed by atoms with van der Waals surface area (Å²) in [6, 6.07) is 0. The first-order valence-corrected chi connectivity index (χ1v) is 5.35. The van der Waals surface area contributed by atoms with E-state index in [-0.39, 0.29) is 19.4 Å². The molecule has 0 atom stereocenters. The second kappa shape index (κ2) is 5.55. The van der Waals surface area contributed by atoms with Crippen molar-refractivity contribution in [3.05, 3.63) is 31.8 Å². The molecule has 0 spiro atoms. The Hall–Kier alpha value is -1.31. The van der Waals surface area contributed by atoms with Crippen molar-refractivity contribution in [2.24, 2.45) is 0 Å². The average molecular weight is 289 g/mol. The summed E-state index contributed by atoms with van der Waals surface area (Å²) in [6.07, 6.45) is -5.62. The number of hydrogen-bond donors (Lipinski definition) is 1. The van der Waals surface area contributed by atoms with Gasteiger partial charge in [-0.05, 0) is 12.8 Å². The van der Waals surface area contributed by atoms with Crippen molar-refractivity contribution in [2.75, 3.05) is 0 Å². The molecule has 0 unspecified atom stereocenters. The van der Waals surface area contributed by atoms with Crippen LogP contribution in [0.25, 0.3) is 0 Å². The van der Waals surface area contributed by atoms with Crippen LogP contribution in [0.15, 0.2) is 9.59 Å². The normalized spacial score (nSPS) is 11.8. The molecule has 0 aliphatic rings. The van der Waals surface area contributed by atoms with Crippen molar-refractivity contribution in [1.29, 1.82) is 0 Å². The van der Waals surface area contributed by atoms with Crippen LogP contribution in [0.2, 0.25) is 5.15 Å². The standard InChI is InChI=1S/C9H9ClF4N2O2/c10-6-5(11)7(17)16(8(18)15-6)4-2-1-3-9(12,13)14/h1-4H2,(H,15,18). The van der Waals surface area contributed by atoms with Gasteiger partial charge in [0.15, 0.2) is 5.15 Å². The Labute approximate surface area is 103 Å². The van der Waals surface area contributed by atoms with E-state index in [0.717, 1.165) is 0 Å². The van der Waals surface area contributed by atoms with Crippen molar-refractivity contribution in [2.45, 2.75) is 32.0 Å². The van der Waals surface area contributed by atoms with Gasteiger partial charge in [-0.25, -0.2) is 4.79 Å². The molecule has 1 N–H and O–H groups in total. The van der Waals surface area contributed by atoms with E-state index in [1.807, 2.05) is 4.98 Å². The largest absolute Gasteiger partial charge is 0.389 e. The van der Waals surface area contributed by atoms with E-state index < -0.39 is 34.8 Å². The third kappa shape index (κ3) is 3.86. The first-order chi connectivity index (χ1) is 8.22. The maximum atomic E-state index is 13.1. The molecule has 9 heteroatoms. The molecule has 1 rings (SSSR count). The average Bonchev–Trinajstić information content (AvgIpc) is 2.23. The van der Waals surface area contributed by atoms with Gasteiger partial charge in [0, 0.05) is 13.0 Å². The molecule has 102 valence electrons. The number of aromatic nitrogens is 2. The van der Waals surface area contributed by atoms with Crippen molar-refractivity contribution in [3.8, 4) is 0 Å². The van der Waals surface area contributed by atoms with Crippen LogP contribution in [0.5, 0.6) is 0 Å². The van der Waals surface area contributed by atoms with Crippen LogP contribution in [0.1, 0.15) is 19.3 Å². The van der Waals surface area contributed by atoms with Gasteiger partial charge in [0.1, 0.15) is 0 Å². The number of H-pyrrole nitrogens is 1. The summed E-state index contributed by atoms with van der Waals surface area (Å²) >= 11 is 5.22. The molecule has 0 fully saturated rings. The van der Waals surface area contributed by atoms with E-state index in [9.17, 15) is 27.2 Å². The maximum Gasteiger partial charge on any atom is 0.389 e. The van der Waals surface area contributed by atoms with Gasteiger partial charge in [-0.15, -0.1) is 0 Å². The number of unbranched alkanes of at least 4 members (excludes halogenated alkanes) is 1. The highest BCUT2D eigenvalue weighted by Crippen LogP contribution is 2.22. The SMILES string of the molecule is O=c1[nH]c(Cl)c(F)c(=O)n1CCCCC(F)(F)F. The third-order valence-corrected chi connectivity index (χ3v) is 2.44. The summed E-state index contributed by atoms with van der Waals surface area (Å²) < 4.78 is 49.1. The second-order valence-electron chi connectivity index (χ2n) is 3.59. The molecule has 0 amide bonds. The lowest BCUT2D eigenvalue weighted by Crippen LogP contribution is -2.37. The lowest BCUT2D eigenvalue weighted by atomic mass is 10.2. The molecular weight excluding hydrogens is 280 g/mol. The molecule has 0 aliphatic carbocycles. The second-order valence-corrected chi connectivity index (χ2v) is 3.97. The number of aromatic amines is 1. The first kappa shape index (κ1) is 14.7. The quantitative estimate of drug-likeness (QED) is 0.524. The summed E-state index contributed by atoms with van der Waals surface area (Å²) in [5, 5.41) is -0.712. The number of halogens is 5. The van der Waals surface area contributed by atoms with Crippen LogP contribution in [-0.4, -0.2) is 15.7 Å². The van der Waals surface area contributed by atoms with E-state index in [1.165, 1.54) is 0 Å².